The van der Waals surface area contributed by atoms with E-state index in [2.05, 4.69) is 21.8 Å². The van der Waals surface area contributed by atoms with Crippen molar-refractivity contribution < 1.29 is 13.2 Å². The predicted octanol–water partition coefficient (Wildman–Crippen LogP) is 3.85. The Morgan fingerprint density at radius 3 is 2.67 bits per heavy atom. The third-order valence-electron chi connectivity index (χ3n) is 5.43. The van der Waals surface area contributed by atoms with Crippen LogP contribution in [0.2, 0.25) is 0 Å². The highest BCUT2D eigenvalue weighted by Gasteiger charge is 2.32. The van der Waals surface area contributed by atoms with Gasteiger partial charge in [0, 0.05) is 35.8 Å². The summed E-state index contributed by atoms with van der Waals surface area (Å²) in [6.07, 6.45) is 4.82. The Bertz CT molecular complexity index is 1180. The molecular formula is C22H25N3O3S2. The van der Waals surface area contributed by atoms with E-state index >= 15 is 0 Å². The van der Waals surface area contributed by atoms with E-state index in [1.54, 1.807) is 22.4 Å². The highest BCUT2D eigenvalue weighted by atomic mass is 32.2. The molecular weight excluding hydrogens is 418 g/mol. The number of para-hydroxylation sites is 1. The summed E-state index contributed by atoms with van der Waals surface area (Å²) in [4.78, 5) is 18.2. The first-order valence-corrected chi connectivity index (χ1v) is 12.3. The molecule has 1 aromatic carbocycles. The first kappa shape index (κ1) is 20.8. The number of nitrogens with one attached hydrogen (secondary N) is 2. The van der Waals surface area contributed by atoms with Gasteiger partial charge in [0.1, 0.15) is 10.3 Å². The molecule has 0 bridgehead atoms. The maximum absolute atomic E-state index is 13.2. The number of benzene rings is 1. The maximum atomic E-state index is 13.2. The SMILES string of the molecule is CC(C)[C@@H](NS(=O)(=O)c1cccs1)C(=O)N1CC=C(c2c[nH]c3ccccc23)CC1. The molecule has 3 aromatic rings. The van der Waals surface area contributed by atoms with E-state index < -0.39 is 16.1 Å². The lowest BCUT2D eigenvalue weighted by Gasteiger charge is -2.31. The summed E-state index contributed by atoms with van der Waals surface area (Å²) < 4.78 is 28.1. The quantitative estimate of drug-likeness (QED) is 0.607. The monoisotopic (exact) mass is 443 g/mol. The number of sulfonamides is 1. The Labute approximate surface area is 180 Å². The number of nitrogens with zero attached hydrogens (tertiary/aromatic N) is 1. The molecule has 3 heterocycles. The zero-order valence-electron chi connectivity index (χ0n) is 17.0. The van der Waals surface area contributed by atoms with E-state index in [4.69, 9.17) is 0 Å². The predicted molar refractivity (Wildman–Crippen MR) is 121 cm³/mol. The maximum Gasteiger partial charge on any atom is 0.250 e. The summed E-state index contributed by atoms with van der Waals surface area (Å²) in [7, 11) is -3.71. The molecule has 1 amide bonds. The number of thiophene rings is 1. The number of rotatable bonds is 6. The van der Waals surface area contributed by atoms with Crippen LogP contribution >= 0.6 is 11.3 Å². The number of hydrogen-bond donors (Lipinski definition) is 2. The Kier molecular flexibility index (Phi) is 5.81. The van der Waals surface area contributed by atoms with Crippen LogP contribution in [0.3, 0.4) is 0 Å². The van der Waals surface area contributed by atoms with Crippen molar-refractivity contribution in [2.24, 2.45) is 5.92 Å². The van der Waals surface area contributed by atoms with Gasteiger partial charge in [-0.25, -0.2) is 8.42 Å². The van der Waals surface area contributed by atoms with E-state index in [1.165, 1.54) is 11.0 Å². The Balaban J connectivity index is 1.50. The fraction of sp³-hybridized carbons (Fsp3) is 0.318. The largest absolute Gasteiger partial charge is 0.361 e. The lowest BCUT2D eigenvalue weighted by atomic mass is 9.97. The second-order valence-corrected chi connectivity index (χ2v) is 10.7. The van der Waals surface area contributed by atoms with Crippen LogP contribution in [0.1, 0.15) is 25.8 Å². The van der Waals surface area contributed by atoms with Crippen molar-refractivity contribution in [1.82, 2.24) is 14.6 Å². The van der Waals surface area contributed by atoms with E-state index in [0.717, 1.165) is 28.8 Å². The highest BCUT2D eigenvalue weighted by molar-refractivity contribution is 7.91. The Morgan fingerprint density at radius 2 is 2.00 bits per heavy atom. The molecule has 0 aliphatic carbocycles. The molecule has 0 unspecified atom stereocenters. The van der Waals surface area contributed by atoms with Gasteiger partial charge in [-0.05, 0) is 35.4 Å². The fourth-order valence-electron chi connectivity index (χ4n) is 3.76. The van der Waals surface area contributed by atoms with Crippen molar-refractivity contribution in [2.75, 3.05) is 13.1 Å². The fourth-order valence-corrected chi connectivity index (χ4v) is 6.11. The molecule has 2 N–H and O–H groups in total. The molecule has 1 atom stereocenters. The normalized spacial score (nSPS) is 16.1. The lowest BCUT2D eigenvalue weighted by molar-refractivity contribution is -0.133. The average molecular weight is 444 g/mol. The second-order valence-electron chi connectivity index (χ2n) is 7.79. The van der Waals surface area contributed by atoms with Crippen LogP contribution in [0, 0.1) is 5.92 Å². The number of aromatic nitrogens is 1. The molecule has 1 aliphatic heterocycles. The van der Waals surface area contributed by atoms with Crippen molar-refractivity contribution in [3.63, 3.8) is 0 Å². The minimum absolute atomic E-state index is 0.161. The van der Waals surface area contributed by atoms with E-state index in [1.807, 2.05) is 38.2 Å². The Hall–Kier alpha value is -2.42. The van der Waals surface area contributed by atoms with Gasteiger partial charge in [-0.1, -0.05) is 44.2 Å². The van der Waals surface area contributed by atoms with Crippen LogP contribution in [0.25, 0.3) is 16.5 Å². The number of H-pyrrole nitrogens is 1. The molecule has 1 aliphatic rings. The smallest absolute Gasteiger partial charge is 0.250 e. The summed E-state index contributed by atoms with van der Waals surface area (Å²) in [6.45, 7) is 4.75. The molecule has 0 saturated carbocycles. The van der Waals surface area contributed by atoms with E-state index in [-0.39, 0.29) is 16.0 Å². The molecule has 0 radical (unpaired) electrons. The van der Waals surface area contributed by atoms with E-state index in [9.17, 15) is 13.2 Å². The van der Waals surface area contributed by atoms with Gasteiger partial charge in [-0.3, -0.25) is 4.79 Å². The van der Waals surface area contributed by atoms with Crippen LogP contribution in [-0.4, -0.2) is 43.3 Å². The van der Waals surface area contributed by atoms with Crippen molar-refractivity contribution in [3.05, 3.63) is 59.6 Å². The van der Waals surface area contributed by atoms with Gasteiger partial charge in [0.15, 0.2) is 0 Å². The highest BCUT2D eigenvalue weighted by Crippen LogP contribution is 2.29. The molecule has 30 heavy (non-hydrogen) atoms. The average Bonchev–Trinajstić information content (AvgIpc) is 3.42. The number of amides is 1. The third kappa shape index (κ3) is 4.08. The lowest BCUT2D eigenvalue weighted by Crippen LogP contribution is -2.51. The zero-order valence-corrected chi connectivity index (χ0v) is 18.6. The Morgan fingerprint density at radius 1 is 1.20 bits per heavy atom. The van der Waals surface area contributed by atoms with Crippen LogP contribution in [0.5, 0.6) is 0 Å². The molecule has 0 saturated heterocycles. The zero-order chi connectivity index (χ0) is 21.3. The van der Waals surface area contributed by atoms with Crippen molar-refractivity contribution >= 4 is 43.7 Å². The second kappa shape index (κ2) is 8.37. The number of fused-ring (bicyclic) bond motifs is 1. The van der Waals surface area contributed by atoms with Gasteiger partial charge in [-0.2, -0.15) is 4.72 Å². The minimum Gasteiger partial charge on any atom is -0.361 e. The van der Waals surface area contributed by atoms with Crippen molar-refractivity contribution in [2.45, 2.75) is 30.5 Å². The van der Waals surface area contributed by atoms with Gasteiger partial charge in [0.2, 0.25) is 5.91 Å². The topological polar surface area (TPSA) is 82.3 Å². The number of carbonyl (C=O) groups excluding carboxylic acids is 1. The summed E-state index contributed by atoms with van der Waals surface area (Å²) in [5.41, 5.74) is 3.46. The van der Waals surface area contributed by atoms with Gasteiger partial charge in [0.05, 0.1) is 0 Å². The third-order valence-corrected chi connectivity index (χ3v) is 8.27. The molecule has 0 fully saturated rings. The van der Waals surface area contributed by atoms with E-state index in [0.29, 0.717) is 13.1 Å². The van der Waals surface area contributed by atoms with Crippen LogP contribution < -0.4 is 4.72 Å². The van der Waals surface area contributed by atoms with Crippen molar-refractivity contribution in [3.8, 4) is 0 Å². The van der Waals surface area contributed by atoms with Gasteiger partial charge < -0.3 is 9.88 Å². The van der Waals surface area contributed by atoms with Crippen LogP contribution in [0.15, 0.2) is 58.3 Å². The summed E-state index contributed by atoms with van der Waals surface area (Å²) >= 11 is 1.14. The number of hydrogen-bond acceptors (Lipinski definition) is 4. The summed E-state index contributed by atoms with van der Waals surface area (Å²) in [6, 6.07) is 10.6. The standard InChI is InChI=1S/C22H25N3O3S2/c1-15(2)21(24-30(27,28)20-8-5-13-29-20)22(26)25-11-9-16(10-12-25)18-14-23-19-7-4-3-6-17(18)19/h3-9,13-15,21,23-24H,10-12H2,1-2H3/t21-/m1/s1. The summed E-state index contributed by atoms with van der Waals surface area (Å²) in [5, 5.41) is 2.88. The number of carbonyl (C=O) groups is 1. The molecule has 0 spiro atoms. The molecule has 6 nitrogen and oxygen atoms in total. The van der Waals surface area contributed by atoms with Gasteiger partial charge in [0.25, 0.3) is 10.0 Å². The molecule has 2 aromatic heterocycles. The number of aromatic amines is 1. The van der Waals surface area contributed by atoms with Crippen molar-refractivity contribution in [1.29, 1.82) is 0 Å². The first-order valence-electron chi connectivity index (χ1n) is 9.97. The van der Waals surface area contributed by atoms with Crippen LogP contribution in [-0.2, 0) is 14.8 Å². The van der Waals surface area contributed by atoms with Crippen LogP contribution in [0.4, 0.5) is 0 Å². The van der Waals surface area contributed by atoms with Gasteiger partial charge in [-0.15, -0.1) is 11.3 Å². The molecule has 4 rings (SSSR count). The van der Waals surface area contributed by atoms with Gasteiger partial charge >= 0.3 is 0 Å². The summed E-state index contributed by atoms with van der Waals surface area (Å²) in [5.74, 6) is -0.342. The molecule has 8 heteroatoms. The molecule has 158 valence electrons. The first-order chi connectivity index (χ1) is 14.4. The minimum atomic E-state index is -3.71.